The first kappa shape index (κ1) is 21.8. The van der Waals surface area contributed by atoms with Crippen molar-refractivity contribution in [3.63, 3.8) is 0 Å². The summed E-state index contributed by atoms with van der Waals surface area (Å²) in [7, 11) is 3.31. The SMILES string of the molecule is COc1cccc(-n2c(/C=C3/C(=O)N(C)c4ccc(Br)cc43)nc3ccc(I)cc3c2=O)c1. The number of carbonyl (C=O) groups excluding carboxylic acids is 1. The second-order valence-corrected chi connectivity index (χ2v) is 9.72. The van der Waals surface area contributed by atoms with E-state index in [1.54, 1.807) is 31.2 Å². The van der Waals surface area contributed by atoms with Gasteiger partial charge < -0.3 is 9.64 Å². The molecule has 0 unspecified atom stereocenters. The van der Waals surface area contributed by atoms with E-state index in [0.29, 0.717) is 33.7 Å². The molecule has 1 aliphatic heterocycles. The predicted molar refractivity (Wildman–Crippen MR) is 142 cm³/mol. The van der Waals surface area contributed by atoms with Gasteiger partial charge in [-0.3, -0.25) is 14.2 Å². The van der Waals surface area contributed by atoms with Crippen molar-refractivity contribution in [2.45, 2.75) is 0 Å². The van der Waals surface area contributed by atoms with E-state index in [-0.39, 0.29) is 11.5 Å². The smallest absolute Gasteiger partial charge is 0.266 e. The first-order chi connectivity index (χ1) is 15.9. The Bertz CT molecular complexity index is 1540. The summed E-state index contributed by atoms with van der Waals surface area (Å²) >= 11 is 5.67. The van der Waals surface area contributed by atoms with Crippen LogP contribution in [0.15, 0.2) is 69.9 Å². The number of halogens is 2. The Kier molecular flexibility index (Phi) is 5.57. The van der Waals surface area contributed by atoms with E-state index in [1.165, 1.54) is 4.57 Å². The van der Waals surface area contributed by atoms with Gasteiger partial charge in [0.25, 0.3) is 11.5 Å². The minimum atomic E-state index is -0.216. The summed E-state index contributed by atoms with van der Waals surface area (Å²) in [5.41, 5.74) is 3.02. The van der Waals surface area contributed by atoms with E-state index in [2.05, 4.69) is 38.5 Å². The van der Waals surface area contributed by atoms with Crippen LogP contribution in [0.25, 0.3) is 28.2 Å². The summed E-state index contributed by atoms with van der Waals surface area (Å²) in [6, 6.07) is 18.5. The van der Waals surface area contributed by atoms with Gasteiger partial charge in [0, 0.05) is 26.7 Å². The van der Waals surface area contributed by atoms with E-state index in [1.807, 2.05) is 54.6 Å². The highest BCUT2D eigenvalue weighted by Crippen LogP contribution is 2.38. The van der Waals surface area contributed by atoms with E-state index < -0.39 is 0 Å². The number of rotatable bonds is 3. The van der Waals surface area contributed by atoms with Gasteiger partial charge in [-0.1, -0.05) is 22.0 Å². The fraction of sp³-hybridized carbons (Fsp3) is 0.0800. The maximum atomic E-state index is 13.7. The minimum Gasteiger partial charge on any atom is -0.497 e. The highest BCUT2D eigenvalue weighted by molar-refractivity contribution is 14.1. The maximum absolute atomic E-state index is 13.7. The van der Waals surface area contributed by atoms with Crippen LogP contribution in [0.4, 0.5) is 5.69 Å². The van der Waals surface area contributed by atoms with E-state index in [4.69, 9.17) is 9.72 Å². The monoisotopic (exact) mass is 613 g/mol. The quantitative estimate of drug-likeness (QED) is 0.233. The molecule has 0 bridgehead atoms. The molecule has 3 aromatic carbocycles. The molecule has 2 heterocycles. The van der Waals surface area contributed by atoms with Crippen molar-refractivity contribution in [3.8, 4) is 11.4 Å². The standard InChI is InChI=1S/C25H17BrIN3O3/c1-29-22-9-6-14(26)10-18(22)19(24(29)31)13-23-28-21-8-7-15(27)11-20(21)25(32)30(23)16-4-3-5-17(12-16)33-2/h3-13H,1-2H3/b19-13+. The Morgan fingerprint density at radius 3 is 2.67 bits per heavy atom. The number of benzene rings is 3. The number of likely N-dealkylation sites (N-methyl/N-ethyl adjacent to an activating group) is 1. The third kappa shape index (κ3) is 3.76. The van der Waals surface area contributed by atoms with Gasteiger partial charge in [-0.05, 0) is 77.2 Å². The molecule has 1 aliphatic rings. The molecule has 1 amide bonds. The predicted octanol–water partition coefficient (Wildman–Crippen LogP) is 5.28. The molecule has 8 heteroatoms. The van der Waals surface area contributed by atoms with E-state index in [0.717, 1.165) is 19.3 Å². The van der Waals surface area contributed by atoms with Gasteiger partial charge in [0.2, 0.25) is 0 Å². The van der Waals surface area contributed by atoms with Gasteiger partial charge in [-0.25, -0.2) is 4.98 Å². The lowest BCUT2D eigenvalue weighted by Gasteiger charge is -2.13. The average Bonchev–Trinajstić information content (AvgIpc) is 3.04. The van der Waals surface area contributed by atoms with Crippen molar-refractivity contribution in [2.75, 3.05) is 19.1 Å². The second kappa shape index (κ2) is 8.42. The van der Waals surface area contributed by atoms with Crippen LogP contribution in [0.3, 0.4) is 0 Å². The van der Waals surface area contributed by atoms with Gasteiger partial charge in [-0.15, -0.1) is 0 Å². The van der Waals surface area contributed by atoms with Crippen molar-refractivity contribution in [2.24, 2.45) is 0 Å². The lowest BCUT2D eigenvalue weighted by molar-refractivity contribution is -0.112. The van der Waals surface area contributed by atoms with Crippen LogP contribution < -0.4 is 15.2 Å². The van der Waals surface area contributed by atoms with Gasteiger partial charge in [0.05, 0.1) is 35.0 Å². The van der Waals surface area contributed by atoms with Gasteiger partial charge in [0.15, 0.2) is 0 Å². The van der Waals surface area contributed by atoms with Crippen molar-refractivity contribution in [1.29, 1.82) is 0 Å². The average molecular weight is 614 g/mol. The van der Waals surface area contributed by atoms with Crippen LogP contribution in [-0.2, 0) is 4.79 Å². The second-order valence-electron chi connectivity index (χ2n) is 7.56. The molecule has 0 saturated heterocycles. The molecule has 0 atom stereocenters. The number of methoxy groups -OCH3 is 1. The molecule has 5 rings (SSSR count). The molecule has 0 spiro atoms. The molecule has 0 saturated carbocycles. The highest BCUT2D eigenvalue weighted by Gasteiger charge is 2.30. The highest BCUT2D eigenvalue weighted by atomic mass is 127. The van der Waals surface area contributed by atoms with Gasteiger partial charge >= 0.3 is 0 Å². The fourth-order valence-corrected chi connectivity index (χ4v) is 4.81. The topological polar surface area (TPSA) is 64.4 Å². The molecular formula is C25H17BrIN3O3. The number of amides is 1. The number of aromatic nitrogens is 2. The zero-order valence-corrected chi connectivity index (χ0v) is 21.4. The van der Waals surface area contributed by atoms with Crippen molar-refractivity contribution >= 4 is 72.7 Å². The minimum absolute atomic E-state index is 0.155. The van der Waals surface area contributed by atoms with E-state index in [9.17, 15) is 9.59 Å². The largest absolute Gasteiger partial charge is 0.497 e. The normalized spacial score (nSPS) is 14.2. The summed E-state index contributed by atoms with van der Waals surface area (Å²) in [4.78, 5) is 33.2. The van der Waals surface area contributed by atoms with Crippen molar-refractivity contribution in [1.82, 2.24) is 9.55 Å². The number of fused-ring (bicyclic) bond motifs is 2. The van der Waals surface area contributed by atoms with Crippen LogP contribution in [0.5, 0.6) is 5.75 Å². The lowest BCUT2D eigenvalue weighted by atomic mass is 10.1. The van der Waals surface area contributed by atoms with Crippen molar-refractivity contribution in [3.05, 3.63) is 90.4 Å². The molecule has 1 aromatic heterocycles. The van der Waals surface area contributed by atoms with Crippen LogP contribution in [0, 0.1) is 3.57 Å². The first-order valence-electron chi connectivity index (χ1n) is 10.0. The third-order valence-corrected chi connectivity index (χ3v) is 6.75. The van der Waals surface area contributed by atoms with Gasteiger partial charge in [-0.2, -0.15) is 0 Å². The third-order valence-electron chi connectivity index (χ3n) is 5.59. The molecule has 6 nitrogen and oxygen atoms in total. The Morgan fingerprint density at radius 1 is 1.06 bits per heavy atom. The number of carbonyl (C=O) groups is 1. The summed E-state index contributed by atoms with van der Waals surface area (Å²) in [5, 5.41) is 0.505. The van der Waals surface area contributed by atoms with Crippen LogP contribution >= 0.6 is 38.5 Å². The molecule has 0 aliphatic carbocycles. The zero-order chi connectivity index (χ0) is 23.3. The molecular weight excluding hydrogens is 597 g/mol. The fourth-order valence-electron chi connectivity index (χ4n) is 3.96. The maximum Gasteiger partial charge on any atom is 0.266 e. The summed E-state index contributed by atoms with van der Waals surface area (Å²) < 4.78 is 8.69. The van der Waals surface area contributed by atoms with E-state index >= 15 is 0 Å². The Morgan fingerprint density at radius 2 is 1.88 bits per heavy atom. The molecule has 33 heavy (non-hydrogen) atoms. The number of hydrogen-bond acceptors (Lipinski definition) is 4. The van der Waals surface area contributed by atoms with Crippen LogP contribution in [-0.4, -0.2) is 29.6 Å². The summed E-state index contributed by atoms with van der Waals surface area (Å²) in [6.45, 7) is 0. The molecule has 164 valence electrons. The molecule has 4 aromatic rings. The van der Waals surface area contributed by atoms with Crippen LogP contribution in [0.2, 0.25) is 0 Å². The summed E-state index contributed by atoms with van der Waals surface area (Å²) in [5.74, 6) is 0.829. The van der Waals surface area contributed by atoms with Crippen LogP contribution in [0.1, 0.15) is 11.4 Å². The number of nitrogens with zero attached hydrogens (tertiary/aromatic N) is 3. The molecule has 0 fully saturated rings. The number of ether oxygens (including phenoxy) is 1. The number of anilines is 1. The first-order valence-corrected chi connectivity index (χ1v) is 11.9. The van der Waals surface area contributed by atoms with Gasteiger partial charge in [0.1, 0.15) is 11.6 Å². The zero-order valence-electron chi connectivity index (χ0n) is 17.7. The Hall–Kier alpha value is -2.98. The number of hydrogen-bond donors (Lipinski definition) is 0. The summed E-state index contributed by atoms with van der Waals surface area (Å²) in [6.07, 6.45) is 1.69. The molecule has 0 radical (unpaired) electrons. The Labute approximate surface area is 211 Å². The molecule has 0 N–H and O–H groups in total. The van der Waals surface area contributed by atoms with Crippen molar-refractivity contribution < 1.29 is 9.53 Å². The lowest BCUT2D eigenvalue weighted by Crippen LogP contribution is -2.23. The Balaban J connectivity index is 1.83.